The molecule has 11 heteroatoms. The molecule has 168 valence electrons. The summed E-state index contributed by atoms with van der Waals surface area (Å²) in [7, 11) is 0. The van der Waals surface area contributed by atoms with Crippen molar-refractivity contribution in [2.75, 3.05) is 6.61 Å². The van der Waals surface area contributed by atoms with E-state index in [9.17, 15) is 18.3 Å². The highest BCUT2D eigenvalue weighted by molar-refractivity contribution is 6.33. The van der Waals surface area contributed by atoms with Gasteiger partial charge in [-0.25, -0.2) is 9.97 Å². The summed E-state index contributed by atoms with van der Waals surface area (Å²) in [6.07, 6.45) is -0.256. The Morgan fingerprint density at radius 3 is 2.53 bits per heavy atom. The third kappa shape index (κ3) is 3.95. The second-order valence-electron chi connectivity index (χ2n) is 7.22. The fourth-order valence-corrected chi connectivity index (χ4v) is 3.99. The maximum Gasteiger partial charge on any atom is 0.411 e. The van der Waals surface area contributed by atoms with Gasteiger partial charge in [0.2, 0.25) is 0 Å². The van der Waals surface area contributed by atoms with E-state index in [-0.39, 0.29) is 29.3 Å². The van der Waals surface area contributed by atoms with Crippen LogP contribution in [0.25, 0.3) is 22.6 Å². The molecule has 3 atom stereocenters. The number of halogens is 4. The molecule has 7 nitrogen and oxygen atoms in total. The van der Waals surface area contributed by atoms with E-state index in [0.29, 0.717) is 10.6 Å². The minimum absolute atomic E-state index is 0.0764. The van der Waals surface area contributed by atoms with E-state index >= 15 is 0 Å². The van der Waals surface area contributed by atoms with Gasteiger partial charge in [-0.15, -0.1) is 0 Å². The van der Waals surface area contributed by atoms with Crippen molar-refractivity contribution in [1.29, 1.82) is 0 Å². The molecule has 1 aliphatic heterocycles. The SMILES string of the molecule is CCC(CO)N1N=CC(c2onc(-c3ccccc3Cl)c2-c2ncccn2)C1C(F)(F)F. The summed E-state index contributed by atoms with van der Waals surface area (Å²) >= 11 is 6.33. The number of benzene rings is 1. The average molecular weight is 466 g/mol. The molecule has 0 radical (unpaired) electrons. The molecule has 0 aliphatic carbocycles. The Morgan fingerprint density at radius 2 is 1.91 bits per heavy atom. The van der Waals surface area contributed by atoms with Crippen LogP contribution in [-0.2, 0) is 0 Å². The average Bonchev–Trinajstić information content (AvgIpc) is 3.40. The third-order valence-corrected chi connectivity index (χ3v) is 5.65. The Morgan fingerprint density at radius 1 is 1.19 bits per heavy atom. The minimum Gasteiger partial charge on any atom is -0.394 e. The number of hydrogen-bond acceptors (Lipinski definition) is 7. The fourth-order valence-electron chi connectivity index (χ4n) is 3.76. The fraction of sp³-hybridized carbons (Fsp3) is 0.333. The molecule has 0 saturated carbocycles. The Balaban J connectivity index is 1.89. The van der Waals surface area contributed by atoms with Crippen molar-refractivity contribution >= 4 is 17.8 Å². The van der Waals surface area contributed by atoms with Crippen molar-refractivity contribution in [3.8, 4) is 22.6 Å². The lowest BCUT2D eigenvalue weighted by Gasteiger charge is -2.33. The van der Waals surface area contributed by atoms with Gasteiger partial charge >= 0.3 is 6.18 Å². The zero-order chi connectivity index (χ0) is 22.9. The summed E-state index contributed by atoms with van der Waals surface area (Å²) < 4.78 is 48.1. The lowest BCUT2D eigenvalue weighted by atomic mass is 9.92. The van der Waals surface area contributed by atoms with E-state index in [0.717, 1.165) is 5.01 Å². The predicted molar refractivity (Wildman–Crippen MR) is 112 cm³/mol. The Kier molecular flexibility index (Phi) is 6.16. The molecular formula is C21H19ClF3N5O2. The van der Waals surface area contributed by atoms with Gasteiger partial charge in [0.25, 0.3) is 0 Å². The van der Waals surface area contributed by atoms with Gasteiger partial charge < -0.3 is 9.63 Å². The smallest absolute Gasteiger partial charge is 0.394 e. The molecule has 3 unspecified atom stereocenters. The van der Waals surface area contributed by atoms with Crippen LogP contribution in [0, 0.1) is 0 Å². The first-order valence-corrected chi connectivity index (χ1v) is 10.3. The molecule has 0 saturated heterocycles. The van der Waals surface area contributed by atoms with E-state index in [1.54, 1.807) is 37.3 Å². The predicted octanol–water partition coefficient (Wildman–Crippen LogP) is 4.54. The monoisotopic (exact) mass is 465 g/mol. The quantitative estimate of drug-likeness (QED) is 0.575. The van der Waals surface area contributed by atoms with Gasteiger partial charge in [0, 0.05) is 24.2 Å². The molecule has 3 heterocycles. The first kappa shape index (κ1) is 22.2. The van der Waals surface area contributed by atoms with Crippen molar-refractivity contribution in [2.45, 2.75) is 37.5 Å². The Bertz CT molecular complexity index is 1100. The molecule has 3 aromatic rings. The molecule has 0 fully saturated rings. The number of aliphatic hydroxyl groups excluding tert-OH is 1. The van der Waals surface area contributed by atoms with E-state index in [2.05, 4.69) is 20.2 Å². The molecule has 1 aliphatic rings. The van der Waals surface area contributed by atoms with Gasteiger partial charge in [0.15, 0.2) is 17.6 Å². The van der Waals surface area contributed by atoms with Crippen molar-refractivity contribution in [3.05, 3.63) is 53.5 Å². The van der Waals surface area contributed by atoms with Gasteiger partial charge in [0.1, 0.15) is 5.69 Å². The zero-order valence-corrected chi connectivity index (χ0v) is 17.6. The summed E-state index contributed by atoms with van der Waals surface area (Å²) in [5.74, 6) is -1.24. The minimum atomic E-state index is -4.66. The summed E-state index contributed by atoms with van der Waals surface area (Å²) in [6.45, 7) is 1.22. The lowest BCUT2D eigenvalue weighted by Crippen LogP contribution is -2.49. The van der Waals surface area contributed by atoms with E-state index < -0.39 is 30.8 Å². The van der Waals surface area contributed by atoms with Crippen LogP contribution in [-0.4, -0.2) is 56.3 Å². The second-order valence-corrected chi connectivity index (χ2v) is 7.63. The first-order chi connectivity index (χ1) is 15.4. The number of hydrogen-bond donors (Lipinski definition) is 1. The van der Waals surface area contributed by atoms with E-state index in [1.165, 1.54) is 18.6 Å². The molecular weight excluding hydrogens is 447 g/mol. The van der Waals surface area contributed by atoms with E-state index in [4.69, 9.17) is 16.1 Å². The number of hydrazone groups is 1. The third-order valence-electron chi connectivity index (χ3n) is 5.32. The van der Waals surface area contributed by atoms with Crippen LogP contribution in [0.1, 0.15) is 25.0 Å². The summed E-state index contributed by atoms with van der Waals surface area (Å²) in [6, 6.07) is 5.54. The van der Waals surface area contributed by atoms with Crippen molar-refractivity contribution in [2.24, 2.45) is 5.10 Å². The van der Waals surface area contributed by atoms with Crippen LogP contribution in [0.4, 0.5) is 13.2 Å². The summed E-state index contributed by atoms with van der Waals surface area (Å²) in [5, 5.41) is 18.9. The Hall–Kier alpha value is -2.98. The van der Waals surface area contributed by atoms with Crippen molar-refractivity contribution < 1.29 is 22.8 Å². The normalized spacial score (nSPS) is 19.5. The zero-order valence-electron chi connectivity index (χ0n) is 16.9. The maximum absolute atomic E-state index is 14.2. The number of aromatic nitrogens is 3. The highest BCUT2D eigenvalue weighted by Crippen LogP contribution is 2.45. The van der Waals surface area contributed by atoms with Crippen molar-refractivity contribution in [1.82, 2.24) is 20.1 Å². The number of rotatable bonds is 6. The van der Waals surface area contributed by atoms with Crippen LogP contribution < -0.4 is 0 Å². The highest BCUT2D eigenvalue weighted by atomic mass is 35.5. The molecule has 1 aromatic carbocycles. The number of nitrogens with zero attached hydrogens (tertiary/aromatic N) is 5. The second kappa shape index (κ2) is 8.87. The molecule has 0 amide bonds. The molecule has 0 spiro atoms. The van der Waals surface area contributed by atoms with Crippen LogP contribution in [0.5, 0.6) is 0 Å². The van der Waals surface area contributed by atoms with Crippen molar-refractivity contribution in [3.63, 3.8) is 0 Å². The number of alkyl halides is 3. The molecule has 32 heavy (non-hydrogen) atoms. The van der Waals surface area contributed by atoms with Gasteiger partial charge in [0.05, 0.1) is 29.2 Å². The van der Waals surface area contributed by atoms with Crippen LogP contribution in [0.2, 0.25) is 5.02 Å². The Labute approximate surface area is 186 Å². The topological polar surface area (TPSA) is 87.6 Å². The van der Waals surface area contributed by atoms with Gasteiger partial charge in [-0.2, -0.15) is 18.3 Å². The highest BCUT2D eigenvalue weighted by Gasteiger charge is 2.54. The largest absolute Gasteiger partial charge is 0.411 e. The summed E-state index contributed by atoms with van der Waals surface area (Å²) in [4.78, 5) is 8.42. The first-order valence-electron chi connectivity index (χ1n) is 9.88. The molecule has 1 N–H and O–H groups in total. The number of aliphatic hydroxyl groups is 1. The molecule has 2 aromatic heterocycles. The lowest BCUT2D eigenvalue weighted by molar-refractivity contribution is -0.190. The van der Waals surface area contributed by atoms with Gasteiger partial charge in [-0.3, -0.25) is 5.01 Å². The van der Waals surface area contributed by atoms with Crippen LogP contribution >= 0.6 is 11.6 Å². The molecule has 0 bridgehead atoms. The summed E-state index contributed by atoms with van der Waals surface area (Å²) in [5.41, 5.74) is 0.922. The standard InChI is InChI=1S/C21H19ClF3N5O2/c1-2-12(11-31)30-19(21(23,24)25)14(10-28-30)18-16(20-26-8-5-9-27-20)17(29-32-18)13-6-3-4-7-15(13)22/h3-10,12,14,19,31H,2,11H2,1H3. The van der Waals surface area contributed by atoms with Crippen LogP contribution in [0.3, 0.4) is 0 Å². The van der Waals surface area contributed by atoms with Crippen LogP contribution in [0.15, 0.2) is 52.4 Å². The van der Waals surface area contributed by atoms with E-state index in [1.807, 2.05) is 0 Å². The maximum atomic E-state index is 14.2. The van der Waals surface area contributed by atoms with Gasteiger partial charge in [-0.05, 0) is 18.6 Å². The molecule has 4 rings (SSSR count). The van der Waals surface area contributed by atoms with Gasteiger partial charge in [-0.1, -0.05) is 41.9 Å².